The fraction of sp³-hybridized carbons (Fsp3) is 0.500. The van der Waals surface area contributed by atoms with Crippen LogP contribution in [0, 0.1) is 0 Å². The molecule has 3 rings (SSSR count). The Bertz CT molecular complexity index is 521. The molecule has 2 aliphatic heterocycles. The lowest BCUT2D eigenvalue weighted by atomic mass is 10.0. The minimum absolute atomic E-state index is 0.432. The molecular weight excluding hydrogens is 318 g/mol. The number of morpholine rings is 1. The maximum atomic E-state index is 5.77. The first-order chi connectivity index (χ1) is 9.72. The van der Waals surface area contributed by atoms with Crippen molar-refractivity contribution in [2.45, 2.75) is 25.8 Å². The highest BCUT2D eigenvalue weighted by molar-refractivity contribution is 9.10. The monoisotopic (exact) mass is 337 g/mol. The number of halogens is 1. The van der Waals surface area contributed by atoms with Gasteiger partial charge in [0.2, 0.25) is 0 Å². The zero-order valence-electron chi connectivity index (χ0n) is 11.7. The SMILES string of the molecule is C/C(=C/c1cc(Br)cc2c1OCC2)CC1COCCN1. The van der Waals surface area contributed by atoms with Crippen LogP contribution in [0.3, 0.4) is 0 Å². The molecule has 20 heavy (non-hydrogen) atoms. The molecule has 1 unspecified atom stereocenters. The average molecular weight is 338 g/mol. The Morgan fingerprint density at radius 3 is 3.15 bits per heavy atom. The highest BCUT2D eigenvalue weighted by atomic mass is 79.9. The lowest BCUT2D eigenvalue weighted by molar-refractivity contribution is 0.0771. The third-order valence-electron chi connectivity index (χ3n) is 3.75. The van der Waals surface area contributed by atoms with Crippen molar-refractivity contribution in [3.05, 3.63) is 33.3 Å². The van der Waals surface area contributed by atoms with Crippen LogP contribution in [0.25, 0.3) is 6.08 Å². The first-order valence-electron chi connectivity index (χ1n) is 7.16. The van der Waals surface area contributed by atoms with E-state index in [1.165, 1.54) is 16.7 Å². The van der Waals surface area contributed by atoms with Crippen LogP contribution in [-0.2, 0) is 11.2 Å². The number of fused-ring (bicyclic) bond motifs is 1. The molecule has 0 spiro atoms. The molecule has 0 aromatic heterocycles. The second kappa shape index (κ2) is 6.29. The summed E-state index contributed by atoms with van der Waals surface area (Å²) >= 11 is 3.59. The number of benzene rings is 1. The van der Waals surface area contributed by atoms with Gasteiger partial charge in [0.1, 0.15) is 5.75 Å². The Hall–Kier alpha value is -0.840. The molecule has 0 saturated carbocycles. The van der Waals surface area contributed by atoms with E-state index in [0.717, 1.165) is 49.4 Å². The number of hydrogen-bond acceptors (Lipinski definition) is 3. The highest BCUT2D eigenvalue weighted by Gasteiger charge is 2.17. The molecule has 1 saturated heterocycles. The van der Waals surface area contributed by atoms with E-state index in [4.69, 9.17) is 9.47 Å². The second-order valence-electron chi connectivity index (χ2n) is 5.50. The second-order valence-corrected chi connectivity index (χ2v) is 6.42. The molecular formula is C16H20BrNO2. The molecule has 0 bridgehead atoms. The van der Waals surface area contributed by atoms with Gasteiger partial charge in [-0.2, -0.15) is 0 Å². The van der Waals surface area contributed by atoms with E-state index in [1.807, 2.05) is 0 Å². The van der Waals surface area contributed by atoms with Crippen molar-refractivity contribution in [3.8, 4) is 5.75 Å². The first-order valence-corrected chi connectivity index (χ1v) is 7.95. The van der Waals surface area contributed by atoms with Crippen LogP contribution in [0.2, 0.25) is 0 Å². The molecule has 4 heteroatoms. The molecule has 0 aliphatic carbocycles. The molecule has 0 amide bonds. The first kappa shape index (κ1) is 14.1. The molecule has 3 nitrogen and oxygen atoms in total. The third-order valence-corrected chi connectivity index (χ3v) is 4.20. The van der Waals surface area contributed by atoms with Crippen LogP contribution >= 0.6 is 15.9 Å². The van der Waals surface area contributed by atoms with Crippen LogP contribution in [0.4, 0.5) is 0 Å². The molecule has 1 N–H and O–H groups in total. The molecule has 1 atom stereocenters. The van der Waals surface area contributed by atoms with Crippen LogP contribution in [0.1, 0.15) is 24.5 Å². The van der Waals surface area contributed by atoms with Gasteiger partial charge in [-0.15, -0.1) is 0 Å². The lowest BCUT2D eigenvalue weighted by Gasteiger charge is -2.24. The van der Waals surface area contributed by atoms with E-state index in [1.54, 1.807) is 0 Å². The number of rotatable bonds is 3. The quantitative estimate of drug-likeness (QED) is 0.918. The Morgan fingerprint density at radius 2 is 2.35 bits per heavy atom. The predicted octanol–water partition coefficient (Wildman–Crippen LogP) is 3.17. The molecule has 108 valence electrons. The summed E-state index contributed by atoms with van der Waals surface area (Å²) in [5, 5.41) is 3.49. The third kappa shape index (κ3) is 3.25. The van der Waals surface area contributed by atoms with E-state index in [2.05, 4.69) is 46.4 Å². The van der Waals surface area contributed by atoms with Crippen LogP contribution in [0.15, 0.2) is 22.2 Å². The van der Waals surface area contributed by atoms with Crippen molar-refractivity contribution in [2.75, 3.05) is 26.4 Å². The van der Waals surface area contributed by atoms with E-state index >= 15 is 0 Å². The smallest absolute Gasteiger partial charge is 0.129 e. The minimum atomic E-state index is 0.432. The van der Waals surface area contributed by atoms with Crippen molar-refractivity contribution in [2.24, 2.45) is 0 Å². The summed E-state index contributed by atoms with van der Waals surface area (Å²) in [7, 11) is 0. The summed E-state index contributed by atoms with van der Waals surface area (Å²) in [6.07, 6.45) is 4.26. The minimum Gasteiger partial charge on any atom is -0.492 e. The molecule has 1 aromatic carbocycles. The van der Waals surface area contributed by atoms with Gasteiger partial charge in [0.05, 0.1) is 19.8 Å². The summed E-state index contributed by atoms with van der Waals surface area (Å²) in [5.41, 5.74) is 3.84. The normalized spacial score (nSPS) is 22.5. The Kier molecular flexibility index (Phi) is 4.44. The molecule has 2 aliphatic rings. The topological polar surface area (TPSA) is 30.5 Å². The maximum Gasteiger partial charge on any atom is 0.129 e. The maximum absolute atomic E-state index is 5.77. The van der Waals surface area contributed by atoms with Crippen molar-refractivity contribution in [1.29, 1.82) is 0 Å². The van der Waals surface area contributed by atoms with Gasteiger partial charge in [-0.3, -0.25) is 0 Å². The van der Waals surface area contributed by atoms with Gasteiger partial charge in [0, 0.05) is 29.0 Å². The van der Waals surface area contributed by atoms with Crippen LogP contribution < -0.4 is 10.1 Å². The zero-order valence-corrected chi connectivity index (χ0v) is 13.3. The van der Waals surface area contributed by atoms with E-state index in [0.29, 0.717) is 6.04 Å². The summed E-state index contributed by atoms with van der Waals surface area (Å²) in [6, 6.07) is 4.73. The van der Waals surface area contributed by atoms with E-state index < -0.39 is 0 Å². The summed E-state index contributed by atoms with van der Waals surface area (Å²) in [5.74, 6) is 1.06. The summed E-state index contributed by atoms with van der Waals surface area (Å²) in [6.45, 7) is 5.56. The standard InChI is InChI=1S/C16H20BrNO2/c1-11(7-15-10-19-5-3-18-15)6-13-9-14(17)8-12-2-4-20-16(12)13/h6,8-9,15,18H,2-5,7,10H2,1H3/b11-6-. The fourth-order valence-electron chi connectivity index (χ4n) is 2.87. The Labute approximate surface area is 128 Å². The van der Waals surface area contributed by atoms with Crippen molar-refractivity contribution in [3.63, 3.8) is 0 Å². The number of hydrogen-bond donors (Lipinski definition) is 1. The van der Waals surface area contributed by atoms with Gasteiger partial charge in [-0.05, 0) is 31.0 Å². The van der Waals surface area contributed by atoms with Gasteiger partial charge in [0.15, 0.2) is 0 Å². The van der Waals surface area contributed by atoms with Gasteiger partial charge >= 0.3 is 0 Å². The summed E-state index contributed by atoms with van der Waals surface area (Å²) < 4.78 is 12.4. The van der Waals surface area contributed by atoms with Crippen LogP contribution in [0.5, 0.6) is 5.75 Å². The zero-order chi connectivity index (χ0) is 13.9. The van der Waals surface area contributed by atoms with E-state index in [9.17, 15) is 0 Å². The molecule has 1 fully saturated rings. The fourth-order valence-corrected chi connectivity index (χ4v) is 3.39. The Morgan fingerprint density at radius 1 is 1.45 bits per heavy atom. The van der Waals surface area contributed by atoms with Crippen molar-refractivity contribution >= 4 is 22.0 Å². The van der Waals surface area contributed by atoms with Crippen LogP contribution in [-0.4, -0.2) is 32.4 Å². The molecule has 1 aromatic rings. The molecule has 0 radical (unpaired) electrons. The van der Waals surface area contributed by atoms with Gasteiger partial charge in [0.25, 0.3) is 0 Å². The number of ether oxygens (including phenoxy) is 2. The summed E-state index contributed by atoms with van der Waals surface area (Å²) in [4.78, 5) is 0. The Balaban J connectivity index is 1.77. The van der Waals surface area contributed by atoms with Gasteiger partial charge < -0.3 is 14.8 Å². The highest BCUT2D eigenvalue weighted by Crippen LogP contribution is 2.34. The van der Waals surface area contributed by atoms with Crippen molar-refractivity contribution < 1.29 is 9.47 Å². The van der Waals surface area contributed by atoms with Crippen molar-refractivity contribution in [1.82, 2.24) is 5.32 Å². The van der Waals surface area contributed by atoms with Gasteiger partial charge in [-0.1, -0.05) is 27.6 Å². The number of nitrogens with one attached hydrogen (secondary N) is 1. The van der Waals surface area contributed by atoms with Gasteiger partial charge in [-0.25, -0.2) is 0 Å². The predicted molar refractivity (Wildman–Crippen MR) is 84.2 cm³/mol. The molecule has 2 heterocycles. The lowest BCUT2D eigenvalue weighted by Crippen LogP contribution is -2.41. The van der Waals surface area contributed by atoms with E-state index in [-0.39, 0.29) is 0 Å². The average Bonchev–Trinajstić information content (AvgIpc) is 2.88. The largest absolute Gasteiger partial charge is 0.492 e.